The van der Waals surface area contributed by atoms with Gasteiger partial charge in [0.2, 0.25) is 0 Å². The van der Waals surface area contributed by atoms with Crippen molar-refractivity contribution in [1.29, 1.82) is 5.41 Å². The van der Waals surface area contributed by atoms with E-state index in [4.69, 9.17) is 5.41 Å². The van der Waals surface area contributed by atoms with E-state index in [1.165, 1.54) is 6.42 Å². The van der Waals surface area contributed by atoms with Gasteiger partial charge in [0.1, 0.15) is 0 Å². The molecule has 3 nitrogen and oxygen atoms in total. The summed E-state index contributed by atoms with van der Waals surface area (Å²) in [6, 6.07) is 0. The SMILES string of the molecule is C/C=C(\C=C/C(C)=N)NCCNCCC. The third kappa shape index (κ3) is 9.22. The lowest BCUT2D eigenvalue weighted by Crippen LogP contribution is -2.27. The van der Waals surface area contributed by atoms with Gasteiger partial charge in [-0.3, -0.25) is 0 Å². The van der Waals surface area contributed by atoms with E-state index >= 15 is 0 Å². The van der Waals surface area contributed by atoms with Crippen LogP contribution in [-0.2, 0) is 0 Å². The lowest BCUT2D eigenvalue weighted by molar-refractivity contribution is 0.645. The average Bonchev–Trinajstić information content (AvgIpc) is 2.22. The van der Waals surface area contributed by atoms with Crippen molar-refractivity contribution in [2.45, 2.75) is 27.2 Å². The first-order valence-corrected chi connectivity index (χ1v) is 5.54. The quantitative estimate of drug-likeness (QED) is 0.325. The van der Waals surface area contributed by atoms with Crippen molar-refractivity contribution in [3.63, 3.8) is 0 Å². The lowest BCUT2D eigenvalue weighted by Gasteiger charge is -2.07. The normalized spacial score (nSPS) is 12.1. The summed E-state index contributed by atoms with van der Waals surface area (Å²) in [4.78, 5) is 0. The molecule has 0 saturated carbocycles. The largest absolute Gasteiger partial charge is 0.384 e. The summed E-state index contributed by atoms with van der Waals surface area (Å²) in [5, 5.41) is 13.9. The topological polar surface area (TPSA) is 47.9 Å². The molecule has 0 aliphatic heterocycles. The zero-order chi connectivity index (χ0) is 11.5. The van der Waals surface area contributed by atoms with Gasteiger partial charge in [-0.15, -0.1) is 0 Å². The molecule has 0 heterocycles. The molecule has 0 fully saturated rings. The molecule has 0 amide bonds. The number of hydrogen-bond acceptors (Lipinski definition) is 3. The zero-order valence-electron chi connectivity index (χ0n) is 10.1. The molecule has 15 heavy (non-hydrogen) atoms. The molecule has 0 radical (unpaired) electrons. The zero-order valence-corrected chi connectivity index (χ0v) is 10.1. The molecule has 3 N–H and O–H groups in total. The predicted octanol–water partition coefficient (Wildman–Crippen LogP) is 2.08. The summed E-state index contributed by atoms with van der Waals surface area (Å²) < 4.78 is 0. The van der Waals surface area contributed by atoms with E-state index in [9.17, 15) is 0 Å². The fourth-order valence-electron chi connectivity index (χ4n) is 1.07. The second-order valence-electron chi connectivity index (χ2n) is 3.44. The van der Waals surface area contributed by atoms with Gasteiger partial charge in [0.05, 0.1) is 0 Å². The van der Waals surface area contributed by atoms with E-state index < -0.39 is 0 Å². The summed E-state index contributed by atoms with van der Waals surface area (Å²) in [6.07, 6.45) is 6.91. The van der Waals surface area contributed by atoms with Gasteiger partial charge in [0, 0.05) is 24.5 Å². The van der Waals surface area contributed by atoms with Gasteiger partial charge in [-0.25, -0.2) is 0 Å². The second-order valence-corrected chi connectivity index (χ2v) is 3.44. The summed E-state index contributed by atoms with van der Waals surface area (Å²) in [5.74, 6) is 0. The van der Waals surface area contributed by atoms with E-state index in [0.29, 0.717) is 5.71 Å². The molecule has 0 bridgehead atoms. The van der Waals surface area contributed by atoms with Crippen molar-refractivity contribution in [2.75, 3.05) is 19.6 Å². The monoisotopic (exact) mass is 209 g/mol. The smallest absolute Gasteiger partial charge is 0.0297 e. The second kappa shape index (κ2) is 9.46. The Bertz CT molecular complexity index is 229. The van der Waals surface area contributed by atoms with E-state index in [1.807, 2.05) is 19.1 Å². The Morgan fingerprint density at radius 3 is 2.47 bits per heavy atom. The van der Waals surface area contributed by atoms with Crippen molar-refractivity contribution in [2.24, 2.45) is 0 Å². The molecule has 0 aliphatic carbocycles. The van der Waals surface area contributed by atoms with Gasteiger partial charge in [-0.05, 0) is 39.0 Å². The van der Waals surface area contributed by atoms with Crippen LogP contribution in [0.1, 0.15) is 27.2 Å². The fraction of sp³-hybridized carbons (Fsp3) is 0.583. The first kappa shape index (κ1) is 13.9. The van der Waals surface area contributed by atoms with Crippen molar-refractivity contribution in [3.05, 3.63) is 23.9 Å². The Balaban J connectivity index is 3.68. The van der Waals surface area contributed by atoms with Crippen molar-refractivity contribution < 1.29 is 0 Å². The third-order valence-corrected chi connectivity index (χ3v) is 1.88. The molecular formula is C12H23N3. The van der Waals surface area contributed by atoms with Crippen LogP contribution in [0.25, 0.3) is 0 Å². The van der Waals surface area contributed by atoms with Crippen molar-refractivity contribution >= 4 is 5.71 Å². The molecule has 0 aromatic rings. The number of allylic oxidation sites excluding steroid dienone is 3. The van der Waals surface area contributed by atoms with Crippen LogP contribution < -0.4 is 10.6 Å². The summed E-state index contributed by atoms with van der Waals surface area (Å²) in [6.45, 7) is 8.89. The van der Waals surface area contributed by atoms with Crippen LogP contribution >= 0.6 is 0 Å². The van der Waals surface area contributed by atoms with E-state index in [2.05, 4.69) is 17.6 Å². The van der Waals surface area contributed by atoms with Crippen LogP contribution in [0.5, 0.6) is 0 Å². The van der Waals surface area contributed by atoms with E-state index in [0.717, 1.165) is 25.3 Å². The maximum Gasteiger partial charge on any atom is 0.0297 e. The standard InChI is InChI=1S/C12H23N3/c1-4-8-14-9-10-15-12(5-2)7-6-11(3)13/h5-7,13-15H,4,8-10H2,1-3H3/b7-6-,12-5+,13-11?. The van der Waals surface area contributed by atoms with Crippen LogP contribution in [0.4, 0.5) is 0 Å². The van der Waals surface area contributed by atoms with Crippen LogP contribution in [0, 0.1) is 5.41 Å². The molecule has 86 valence electrons. The highest BCUT2D eigenvalue weighted by molar-refractivity contribution is 5.90. The van der Waals surface area contributed by atoms with Crippen LogP contribution in [0.3, 0.4) is 0 Å². The summed E-state index contributed by atoms with van der Waals surface area (Å²) in [5.41, 5.74) is 1.64. The molecule has 0 aromatic heterocycles. The molecule has 0 spiro atoms. The van der Waals surface area contributed by atoms with Crippen molar-refractivity contribution in [3.8, 4) is 0 Å². The molecule has 0 saturated heterocycles. The van der Waals surface area contributed by atoms with E-state index in [1.54, 1.807) is 13.0 Å². The maximum atomic E-state index is 7.28. The molecular weight excluding hydrogens is 186 g/mol. The number of hydrogen-bond donors (Lipinski definition) is 3. The highest BCUT2D eigenvalue weighted by atomic mass is 14.9. The highest BCUT2D eigenvalue weighted by Crippen LogP contribution is 1.91. The first-order valence-electron chi connectivity index (χ1n) is 5.54. The summed E-state index contributed by atoms with van der Waals surface area (Å²) >= 11 is 0. The minimum Gasteiger partial charge on any atom is -0.384 e. The Morgan fingerprint density at radius 2 is 1.93 bits per heavy atom. The van der Waals surface area contributed by atoms with Crippen LogP contribution in [0.2, 0.25) is 0 Å². The van der Waals surface area contributed by atoms with Gasteiger partial charge in [0.25, 0.3) is 0 Å². The Kier molecular flexibility index (Phi) is 8.78. The highest BCUT2D eigenvalue weighted by Gasteiger charge is 1.89. The van der Waals surface area contributed by atoms with Crippen LogP contribution in [0.15, 0.2) is 23.9 Å². The van der Waals surface area contributed by atoms with Gasteiger partial charge in [-0.2, -0.15) is 0 Å². The van der Waals surface area contributed by atoms with Gasteiger partial charge in [-0.1, -0.05) is 13.0 Å². The molecule has 0 aliphatic rings. The number of rotatable bonds is 8. The fourth-order valence-corrected chi connectivity index (χ4v) is 1.07. The Labute approximate surface area is 93.2 Å². The minimum atomic E-state index is 0.570. The Morgan fingerprint density at radius 1 is 1.20 bits per heavy atom. The van der Waals surface area contributed by atoms with Crippen LogP contribution in [-0.4, -0.2) is 25.3 Å². The molecule has 0 aromatic carbocycles. The third-order valence-electron chi connectivity index (χ3n) is 1.88. The van der Waals surface area contributed by atoms with Gasteiger partial charge in [0.15, 0.2) is 0 Å². The molecule has 0 unspecified atom stereocenters. The summed E-state index contributed by atoms with van der Waals surface area (Å²) in [7, 11) is 0. The minimum absolute atomic E-state index is 0.570. The average molecular weight is 209 g/mol. The lowest BCUT2D eigenvalue weighted by atomic mass is 10.3. The molecule has 3 heteroatoms. The maximum absolute atomic E-state index is 7.28. The van der Waals surface area contributed by atoms with E-state index in [-0.39, 0.29) is 0 Å². The molecule has 0 atom stereocenters. The van der Waals surface area contributed by atoms with Gasteiger partial charge >= 0.3 is 0 Å². The predicted molar refractivity (Wildman–Crippen MR) is 67.5 cm³/mol. The number of nitrogens with one attached hydrogen (secondary N) is 3. The molecule has 0 rings (SSSR count). The first-order chi connectivity index (χ1) is 7.20. The van der Waals surface area contributed by atoms with Crippen molar-refractivity contribution in [1.82, 2.24) is 10.6 Å². The Hall–Kier alpha value is -1.09. The van der Waals surface area contributed by atoms with Gasteiger partial charge < -0.3 is 16.0 Å².